The molecule has 136 valence electrons. The van der Waals surface area contributed by atoms with E-state index in [1.807, 2.05) is 26.0 Å². The lowest BCUT2D eigenvalue weighted by Crippen LogP contribution is -2.29. The van der Waals surface area contributed by atoms with Crippen LogP contribution in [0.5, 0.6) is 0 Å². The summed E-state index contributed by atoms with van der Waals surface area (Å²) < 4.78 is 28.0. The van der Waals surface area contributed by atoms with Gasteiger partial charge in [0.15, 0.2) is 0 Å². The molecule has 0 fully saturated rings. The zero-order chi connectivity index (χ0) is 18.8. The first kappa shape index (κ1) is 18.0. The number of para-hydroxylation sites is 2. The van der Waals surface area contributed by atoms with Crippen molar-refractivity contribution in [1.29, 1.82) is 0 Å². The van der Waals surface area contributed by atoms with Crippen LogP contribution < -0.4 is 5.32 Å². The lowest BCUT2D eigenvalue weighted by Gasteiger charge is -2.15. The van der Waals surface area contributed by atoms with E-state index >= 15 is 0 Å². The van der Waals surface area contributed by atoms with Gasteiger partial charge in [-0.2, -0.15) is 8.78 Å². The van der Waals surface area contributed by atoms with Crippen LogP contribution in [0.3, 0.4) is 0 Å². The van der Waals surface area contributed by atoms with Crippen molar-refractivity contribution in [3.05, 3.63) is 65.0 Å². The molecule has 0 spiro atoms. The molecule has 3 rings (SSSR count). The molecule has 0 aliphatic carbocycles. The third-order valence-electron chi connectivity index (χ3n) is 4.45. The Kier molecular flexibility index (Phi) is 5.02. The third kappa shape index (κ3) is 3.45. The van der Waals surface area contributed by atoms with Gasteiger partial charge in [0.25, 0.3) is 5.91 Å². The van der Waals surface area contributed by atoms with Crippen molar-refractivity contribution in [1.82, 2.24) is 14.9 Å². The number of carbonyl (C=O) groups is 1. The molecule has 26 heavy (non-hydrogen) atoms. The predicted molar refractivity (Wildman–Crippen MR) is 97.7 cm³/mol. The van der Waals surface area contributed by atoms with Crippen molar-refractivity contribution in [2.24, 2.45) is 0 Å². The minimum Gasteiger partial charge on any atom is -0.351 e. The summed E-state index contributed by atoms with van der Waals surface area (Å²) in [6.07, 6.45) is 0. The molecule has 0 radical (unpaired) electrons. The standard InChI is InChI=1S/C20H21F2N3O/c1-12-8-9-15(13(2)10-12)19(26)23-11-14(3)18-24-16-6-4-5-7-17(16)25(18)20(21)22/h4-10,14,20H,11H2,1-3H3,(H,23,26). The summed E-state index contributed by atoms with van der Waals surface area (Å²) >= 11 is 0. The molecule has 4 nitrogen and oxygen atoms in total. The second-order valence-electron chi connectivity index (χ2n) is 6.54. The first-order chi connectivity index (χ1) is 12.4. The molecule has 0 aliphatic rings. The smallest absolute Gasteiger partial charge is 0.320 e. The molecule has 1 atom stereocenters. The van der Waals surface area contributed by atoms with E-state index in [1.54, 1.807) is 37.3 Å². The molecule has 1 aromatic heterocycles. The van der Waals surface area contributed by atoms with Gasteiger partial charge in [-0.1, -0.05) is 36.8 Å². The second kappa shape index (κ2) is 7.23. The summed E-state index contributed by atoms with van der Waals surface area (Å²) in [4.78, 5) is 16.8. The molecule has 1 N–H and O–H groups in total. The molecule has 0 aliphatic heterocycles. The molecular weight excluding hydrogens is 336 g/mol. The number of aromatic nitrogens is 2. The van der Waals surface area contributed by atoms with Crippen LogP contribution in [0, 0.1) is 13.8 Å². The highest BCUT2D eigenvalue weighted by Crippen LogP contribution is 2.27. The molecular formula is C20H21F2N3O. The number of hydrogen-bond acceptors (Lipinski definition) is 2. The van der Waals surface area contributed by atoms with E-state index in [-0.39, 0.29) is 24.2 Å². The van der Waals surface area contributed by atoms with E-state index in [1.165, 1.54) is 0 Å². The average Bonchev–Trinajstić information content (AvgIpc) is 2.99. The van der Waals surface area contributed by atoms with E-state index in [9.17, 15) is 13.6 Å². The van der Waals surface area contributed by atoms with Crippen molar-refractivity contribution in [3.8, 4) is 0 Å². The maximum atomic E-state index is 13.5. The first-order valence-electron chi connectivity index (χ1n) is 8.49. The predicted octanol–water partition coefficient (Wildman–Crippen LogP) is 4.58. The number of imidazole rings is 1. The van der Waals surface area contributed by atoms with Crippen LogP contribution in [0.2, 0.25) is 0 Å². The van der Waals surface area contributed by atoms with E-state index in [2.05, 4.69) is 10.3 Å². The molecule has 0 bridgehead atoms. The zero-order valence-electron chi connectivity index (χ0n) is 15.0. The van der Waals surface area contributed by atoms with Gasteiger partial charge in [-0.3, -0.25) is 9.36 Å². The molecule has 0 saturated heterocycles. The lowest BCUT2D eigenvalue weighted by atomic mass is 10.0. The number of aryl methyl sites for hydroxylation is 2. The van der Waals surface area contributed by atoms with Gasteiger partial charge in [-0.15, -0.1) is 0 Å². The second-order valence-corrected chi connectivity index (χ2v) is 6.54. The van der Waals surface area contributed by atoms with Gasteiger partial charge in [0.05, 0.1) is 11.0 Å². The minimum atomic E-state index is -2.69. The largest absolute Gasteiger partial charge is 0.351 e. The number of hydrogen-bond donors (Lipinski definition) is 1. The maximum Gasteiger partial charge on any atom is 0.320 e. The van der Waals surface area contributed by atoms with Crippen LogP contribution in [-0.4, -0.2) is 22.0 Å². The van der Waals surface area contributed by atoms with E-state index < -0.39 is 6.55 Å². The number of benzene rings is 2. The fraction of sp³-hybridized carbons (Fsp3) is 0.300. The van der Waals surface area contributed by atoms with Crippen LogP contribution in [0.15, 0.2) is 42.5 Å². The molecule has 1 heterocycles. The van der Waals surface area contributed by atoms with Gasteiger partial charge in [0, 0.05) is 18.0 Å². The number of amides is 1. The number of alkyl halides is 2. The topological polar surface area (TPSA) is 46.9 Å². The highest BCUT2D eigenvalue weighted by Gasteiger charge is 2.22. The Morgan fingerprint density at radius 1 is 1.19 bits per heavy atom. The average molecular weight is 357 g/mol. The Balaban J connectivity index is 1.80. The number of rotatable bonds is 5. The van der Waals surface area contributed by atoms with Gasteiger partial charge in [0.1, 0.15) is 5.82 Å². The summed E-state index contributed by atoms with van der Waals surface area (Å²) in [6.45, 7) is 3.16. The number of halogens is 2. The fourth-order valence-corrected chi connectivity index (χ4v) is 3.12. The number of nitrogens with one attached hydrogen (secondary N) is 1. The van der Waals surface area contributed by atoms with Gasteiger partial charge in [-0.05, 0) is 37.6 Å². The van der Waals surface area contributed by atoms with Gasteiger partial charge >= 0.3 is 6.55 Å². The van der Waals surface area contributed by atoms with E-state index in [0.717, 1.165) is 15.7 Å². The first-order valence-corrected chi connectivity index (χ1v) is 8.49. The van der Waals surface area contributed by atoms with Crippen molar-refractivity contribution in [2.45, 2.75) is 33.2 Å². The summed E-state index contributed by atoms with van der Waals surface area (Å²) in [6, 6.07) is 12.4. The Labute approximate surface area is 150 Å². The van der Waals surface area contributed by atoms with Gasteiger partial charge < -0.3 is 5.32 Å². The summed E-state index contributed by atoms with van der Waals surface area (Å²) in [5.41, 5.74) is 3.47. The van der Waals surface area contributed by atoms with E-state index in [0.29, 0.717) is 16.6 Å². The van der Waals surface area contributed by atoms with Crippen LogP contribution in [0.4, 0.5) is 8.78 Å². The Bertz CT molecular complexity index is 949. The highest BCUT2D eigenvalue weighted by atomic mass is 19.3. The third-order valence-corrected chi connectivity index (χ3v) is 4.45. The van der Waals surface area contributed by atoms with E-state index in [4.69, 9.17) is 0 Å². The van der Waals surface area contributed by atoms with Gasteiger partial charge in [-0.25, -0.2) is 4.98 Å². The molecule has 6 heteroatoms. The Morgan fingerprint density at radius 2 is 1.92 bits per heavy atom. The number of nitrogens with zero attached hydrogens (tertiary/aromatic N) is 2. The van der Waals surface area contributed by atoms with Crippen LogP contribution in [-0.2, 0) is 0 Å². The molecule has 1 unspecified atom stereocenters. The Hall–Kier alpha value is -2.76. The van der Waals surface area contributed by atoms with Crippen molar-refractivity contribution in [2.75, 3.05) is 6.54 Å². The fourth-order valence-electron chi connectivity index (χ4n) is 3.12. The van der Waals surface area contributed by atoms with Crippen molar-refractivity contribution in [3.63, 3.8) is 0 Å². The molecule has 2 aromatic carbocycles. The molecule has 3 aromatic rings. The number of carbonyl (C=O) groups excluding carboxylic acids is 1. The van der Waals surface area contributed by atoms with Gasteiger partial charge in [0.2, 0.25) is 0 Å². The van der Waals surface area contributed by atoms with Crippen molar-refractivity contribution >= 4 is 16.9 Å². The van der Waals surface area contributed by atoms with Crippen molar-refractivity contribution < 1.29 is 13.6 Å². The summed E-state index contributed by atoms with van der Waals surface area (Å²) in [7, 11) is 0. The summed E-state index contributed by atoms with van der Waals surface area (Å²) in [5.74, 6) is -0.303. The van der Waals surface area contributed by atoms with Crippen LogP contribution >= 0.6 is 0 Å². The maximum absolute atomic E-state index is 13.5. The summed E-state index contributed by atoms with van der Waals surface area (Å²) in [5, 5.41) is 2.83. The van der Waals surface area contributed by atoms with Crippen LogP contribution in [0.25, 0.3) is 11.0 Å². The Morgan fingerprint density at radius 3 is 2.62 bits per heavy atom. The minimum absolute atomic E-state index is 0.214. The molecule has 0 saturated carbocycles. The molecule has 1 amide bonds. The quantitative estimate of drug-likeness (QED) is 0.726. The zero-order valence-corrected chi connectivity index (χ0v) is 15.0. The number of fused-ring (bicyclic) bond motifs is 1. The normalized spacial score (nSPS) is 12.5. The lowest BCUT2D eigenvalue weighted by molar-refractivity contribution is 0.0704. The monoisotopic (exact) mass is 357 g/mol. The highest BCUT2D eigenvalue weighted by molar-refractivity contribution is 5.95. The van der Waals surface area contributed by atoms with Crippen LogP contribution in [0.1, 0.15) is 46.7 Å². The SMILES string of the molecule is Cc1ccc(C(=O)NCC(C)c2nc3ccccc3n2C(F)F)c(C)c1.